The Kier molecular flexibility index (Phi) is 4.05. The van der Waals surface area contributed by atoms with Crippen LogP contribution in [0.25, 0.3) is 0 Å². The van der Waals surface area contributed by atoms with Crippen LogP contribution in [0, 0.1) is 13.8 Å². The third-order valence-electron chi connectivity index (χ3n) is 3.81. The first-order valence-corrected chi connectivity index (χ1v) is 6.85. The highest BCUT2D eigenvalue weighted by atomic mass is 16.1. The van der Waals surface area contributed by atoms with Crippen molar-refractivity contribution in [2.75, 3.05) is 0 Å². The number of nitrogens with two attached hydrogens (primary N) is 1. The summed E-state index contributed by atoms with van der Waals surface area (Å²) in [5.41, 5.74) is 9.53. The van der Waals surface area contributed by atoms with Crippen molar-refractivity contribution < 1.29 is 4.79 Å². The molecule has 1 unspecified atom stereocenters. The minimum absolute atomic E-state index is 0.0393. The summed E-state index contributed by atoms with van der Waals surface area (Å²) in [7, 11) is 0. The van der Waals surface area contributed by atoms with Crippen LogP contribution in [0.5, 0.6) is 0 Å². The van der Waals surface area contributed by atoms with Gasteiger partial charge in [0.2, 0.25) is 0 Å². The predicted octanol–water partition coefficient (Wildman–Crippen LogP) is 3.29. The Morgan fingerprint density at radius 2 is 1.75 bits per heavy atom. The molecule has 2 rings (SSSR count). The maximum Gasteiger partial charge on any atom is 0.161 e. The number of carbonyl (C=O) groups excluding carboxylic acids is 1. The van der Waals surface area contributed by atoms with Crippen molar-refractivity contribution in [3.05, 3.63) is 70.8 Å². The molecule has 0 heterocycles. The minimum atomic E-state index is -0.947. The summed E-state index contributed by atoms with van der Waals surface area (Å²) in [6, 6.07) is 15.7. The number of hydrogen-bond donors (Lipinski definition) is 1. The van der Waals surface area contributed by atoms with Crippen LogP contribution in [-0.2, 0) is 16.8 Å². The highest BCUT2D eigenvalue weighted by molar-refractivity contribution is 5.91. The molecule has 0 saturated heterocycles. The van der Waals surface area contributed by atoms with E-state index < -0.39 is 5.54 Å². The average Bonchev–Trinajstić information content (AvgIpc) is 2.43. The van der Waals surface area contributed by atoms with Crippen molar-refractivity contribution >= 4 is 5.78 Å². The second kappa shape index (κ2) is 5.59. The molecule has 0 fully saturated rings. The van der Waals surface area contributed by atoms with E-state index in [0.717, 1.165) is 22.3 Å². The van der Waals surface area contributed by atoms with Crippen LogP contribution in [0.3, 0.4) is 0 Å². The fourth-order valence-corrected chi connectivity index (χ4v) is 2.29. The summed E-state index contributed by atoms with van der Waals surface area (Å²) in [5.74, 6) is 0.0393. The number of ketones is 1. The summed E-state index contributed by atoms with van der Waals surface area (Å²) in [4.78, 5) is 12.6. The number of hydrogen-bond acceptors (Lipinski definition) is 2. The zero-order chi connectivity index (χ0) is 14.8. The number of Topliss-reactive ketones (excluding diaryl/α,β-unsaturated/α-hetero) is 1. The largest absolute Gasteiger partial charge is 0.315 e. The quantitative estimate of drug-likeness (QED) is 0.923. The van der Waals surface area contributed by atoms with E-state index in [1.54, 1.807) is 6.92 Å². The molecule has 2 aromatic rings. The van der Waals surface area contributed by atoms with Gasteiger partial charge in [-0.3, -0.25) is 4.79 Å². The van der Waals surface area contributed by atoms with Gasteiger partial charge in [0.1, 0.15) is 0 Å². The lowest BCUT2D eigenvalue weighted by Gasteiger charge is -2.24. The molecule has 20 heavy (non-hydrogen) atoms. The lowest BCUT2D eigenvalue weighted by atomic mass is 9.85. The Labute approximate surface area is 120 Å². The monoisotopic (exact) mass is 267 g/mol. The van der Waals surface area contributed by atoms with Gasteiger partial charge in [-0.05, 0) is 37.5 Å². The van der Waals surface area contributed by atoms with Crippen LogP contribution < -0.4 is 5.73 Å². The first-order chi connectivity index (χ1) is 9.41. The zero-order valence-corrected chi connectivity index (χ0v) is 12.3. The van der Waals surface area contributed by atoms with E-state index in [9.17, 15) is 4.79 Å². The summed E-state index contributed by atoms with van der Waals surface area (Å²) in [6.45, 7) is 5.85. The van der Waals surface area contributed by atoms with E-state index in [2.05, 4.69) is 12.1 Å². The highest BCUT2D eigenvalue weighted by Gasteiger charge is 2.30. The van der Waals surface area contributed by atoms with E-state index in [0.29, 0.717) is 6.42 Å². The molecule has 2 N–H and O–H groups in total. The molecule has 0 amide bonds. The third kappa shape index (κ3) is 2.97. The second-order valence-corrected chi connectivity index (χ2v) is 5.60. The fraction of sp³-hybridized carbons (Fsp3) is 0.278. The normalized spacial score (nSPS) is 13.8. The van der Waals surface area contributed by atoms with Crippen LogP contribution >= 0.6 is 0 Å². The number of rotatable bonds is 4. The van der Waals surface area contributed by atoms with E-state index >= 15 is 0 Å². The second-order valence-electron chi connectivity index (χ2n) is 5.60. The van der Waals surface area contributed by atoms with E-state index in [4.69, 9.17) is 5.73 Å². The van der Waals surface area contributed by atoms with Gasteiger partial charge in [0.15, 0.2) is 5.78 Å². The highest BCUT2D eigenvalue weighted by Crippen LogP contribution is 2.22. The molecule has 1 atom stereocenters. The van der Waals surface area contributed by atoms with Gasteiger partial charge in [0.25, 0.3) is 0 Å². The molecule has 0 radical (unpaired) electrons. The van der Waals surface area contributed by atoms with Crippen LogP contribution in [-0.4, -0.2) is 5.78 Å². The van der Waals surface area contributed by atoms with Gasteiger partial charge in [-0.15, -0.1) is 0 Å². The van der Waals surface area contributed by atoms with Crippen LogP contribution in [0.1, 0.15) is 29.2 Å². The fourth-order valence-electron chi connectivity index (χ4n) is 2.29. The molecule has 2 aromatic carbocycles. The van der Waals surface area contributed by atoms with E-state index in [-0.39, 0.29) is 5.78 Å². The molecule has 0 bridgehead atoms. The molecular weight excluding hydrogens is 246 g/mol. The smallest absolute Gasteiger partial charge is 0.161 e. The zero-order valence-electron chi connectivity index (χ0n) is 12.3. The minimum Gasteiger partial charge on any atom is -0.315 e. The lowest BCUT2D eigenvalue weighted by molar-refractivity contribution is -0.123. The molecule has 0 aliphatic heterocycles. The van der Waals surface area contributed by atoms with Crippen molar-refractivity contribution in [1.29, 1.82) is 0 Å². The Morgan fingerprint density at radius 3 is 2.40 bits per heavy atom. The SMILES string of the molecule is Cc1ccc(C)c(CC(=O)C(C)(N)c2ccccc2)c1. The Morgan fingerprint density at radius 1 is 1.10 bits per heavy atom. The topological polar surface area (TPSA) is 43.1 Å². The van der Waals surface area contributed by atoms with Crippen LogP contribution in [0.4, 0.5) is 0 Å². The third-order valence-corrected chi connectivity index (χ3v) is 3.81. The molecule has 0 spiro atoms. The van der Waals surface area contributed by atoms with Gasteiger partial charge in [-0.25, -0.2) is 0 Å². The molecule has 2 heteroatoms. The van der Waals surface area contributed by atoms with Gasteiger partial charge < -0.3 is 5.73 Å². The van der Waals surface area contributed by atoms with Crippen LogP contribution in [0.15, 0.2) is 48.5 Å². The van der Waals surface area contributed by atoms with E-state index in [1.165, 1.54) is 0 Å². The molecule has 2 nitrogen and oxygen atoms in total. The number of aryl methyl sites for hydroxylation is 2. The van der Waals surface area contributed by atoms with Crippen molar-refractivity contribution in [3.8, 4) is 0 Å². The van der Waals surface area contributed by atoms with Crippen molar-refractivity contribution in [2.24, 2.45) is 5.73 Å². The van der Waals surface area contributed by atoms with Crippen LogP contribution in [0.2, 0.25) is 0 Å². The average molecular weight is 267 g/mol. The molecular formula is C18H21NO. The van der Waals surface area contributed by atoms with Crippen molar-refractivity contribution in [2.45, 2.75) is 32.7 Å². The van der Waals surface area contributed by atoms with Gasteiger partial charge in [-0.2, -0.15) is 0 Å². The first kappa shape index (κ1) is 14.5. The number of carbonyl (C=O) groups is 1. The standard InChI is InChI=1S/C18H21NO/c1-13-9-10-14(2)15(11-13)12-17(20)18(3,19)16-7-5-4-6-8-16/h4-11H,12,19H2,1-3H3. The number of benzene rings is 2. The lowest BCUT2D eigenvalue weighted by Crippen LogP contribution is -2.42. The van der Waals surface area contributed by atoms with E-state index in [1.807, 2.05) is 50.2 Å². The molecule has 0 aliphatic carbocycles. The van der Waals surface area contributed by atoms with Gasteiger partial charge in [-0.1, -0.05) is 54.1 Å². The molecule has 0 saturated carbocycles. The molecule has 104 valence electrons. The summed E-state index contributed by atoms with van der Waals surface area (Å²) < 4.78 is 0. The Hall–Kier alpha value is -1.93. The Balaban J connectivity index is 2.26. The predicted molar refractivity (Wildman–Crippen MR) is 82.6 cm³/mol. The van der Waals surface area contributed by atoms with Gasteiger partial charge in [0, 0.05) is 6.42 Å². The van der Waals surface area contributed by atoms with Crippen molar-refractivity contribution in [1.82, 2.24) is 0 Å². The molecule has 0 aliphatic rings. The Bertz CT molecular complexity index is 615. The first-order valence-electron chi connectivity index (χ1n) is 6.85. The maximum atomic E-state index is 12.6. The summed E-state index contributed by atoms with van der Waals surface area (Å²) in [5, 5.41) is 0. The summed E-state index contributed by atoms with van der Waals surface area (Å²) >= 11 is 0. The van der Waals surface area contributed by atoms with Gasteiger partial charge >= 0.3 is 0 Å². The van der Waals surface area contributed by atoms with Crippen molar-refractivity contribution in [3.63, 3.8) is 0 Å². The summed E-state index contributed by atoms with van der Waals surface area (Å²) in [6.07, 6.45) is 0.370. The van der Waals surface area contributed by atoms with Gasteiger partial charge in [0.05, 0.1) is 5.54 Å². The maximum absolute atomic E-state index is 12.6. The molecule has 0 aromatic heterocycles.